The number of ether oxygens (including phenoxy) is 1. The molecule has 1 aliphatic rings. The van der Waals surface area contributed by atoms with Crippen molar-refractivity contribution in [2.24, 2.45) is 5.73 Å². The number of primary amides is 1. The van der Waals surface area contributed by atoms with Gasteiger partial charge in [-0.15, -0.1) is 0 Å². The molecule has 0 spiro atoms. The maximum Gasteiger partial charge on any atom is 0.248 e. The van der Waals surface area contributed by atoms with E-state index in [9.17, 15) is 9.59 Å². The molecule has 0 aromatic heterocycles. The summed E-state index contributed by atoms with van der Waals surface area (Å²) >= 11 is 6.21. The Kier molecular flexibility index (Phi) is 4.09. The zero-order valence-corrected chi connectivity index (χ0v) is 13.4. The van der Waals surface area contributed by atoms with Crippen molar-refractivity contribution >= 4 is 23.3 Å². The largest absolute Gasteiger partial charge is 0.488 e. The molecule has 0 aliphatic heterocycles. The molecule has 23 heavy (non-hydrogen) atoms. The van der Waals surface area contributed by atoms with E-state index in [4.69, 9.17) is 22.1 Å². The second-order valence-electron chi connectivity index (χ2n) is 5.71. The van der Waals surface area contributed by atoms with Crippen LogP contribution in [0, 0.1) is 0 Å². The maximum absolute atomic E-state index is 12.2. The third-order valence-electron chi connectivity index (χ3n) is 4.05. The van der Waals surface area contributed by atoms with E-state index >= 15 is 0 Å². The van der Waals surface area contributed by atoms with Gasteiger partial charge in [0.25, 0.3) is 0 Å². The minimum absolute atomic E-state index is 0.0640. The first-order valence-corrected chi connectivity index (χ1v) is 7.72. The number of amides is 1. The number of carbonyl (C=O) groups is 2. The van der Waals surface area contributed by atoms with Crippen LogP contribution in [0.1, 0.15) is 51.1 Å². The number of Topliss-reactive ketones (excluding diaryl/α,β-unsaturated/α-hetero) is 1. The molecule has 0 radical (unpaired) electrons. The predicted molar refractivity (Wildman–Crippen MR) is 88.1 cm³/mol. The van der Waals surface area contributed by atoms with Crippen LogP contribution in [-0.4, -0.2) is 11.7 Å². The molecule has 1 amide bonds. The Balaban J connectivity index is 1.82. The lowest BCUT2D eigenvalue weighted by Gasteiger charge is -2.12. The molecule has 2 N–H and O–H groups in total. The lowest BCUT2D eigenvalue weighted by molar-refractivity contribution is 0.0982. The molecular weight excluding hydrogens is 314 g/mol. The molecule has 1 aliphatic carbocycles. The van der Waals surface area contributed by atoms with Gasteiger partial charge >= 0.3 is 0 Å². The highest BCUT2D eigenvalue weighted by Crippen LogP contribution is 2.42. The average Bonchev–Trinajstić information content (AvgIpc) is 2.83. The highest BCUT2D eigenvalue weighted by Gasteiger charge is 2.31. The standard InChI is InChI=1S/C18H16ClNO3/c1-10-8-14(21)17-15(7-6-13(19)16(10)17)23-9-11-2-4-12(5-3-11)18(20)22/h2-7,10H,8-9H2,1H3,(H2,20,22). The number of fused-ring (bicyclic) bond motifs is 1. The number of nitrogens with two attached hydrogens (primary N) is 1. The molecule has 0 saturated carbocycles. The van der Waals surface area contributed by atoms with Crippen LogP contribution in [0.2, 0.25) is 5.02 Å². The van der Waals surface area contributed by atoms with E-state index in [2.05, 4.69) is 0 Å². The monoisotopic (exact) mass is 329 g/mol. The molecule has 0 bridgehead atoms. The van der Waals surface area contributed by atoms with Crippen molar-refractivity contribution in [1.82, 2.24) is 0 Å². The summed E-state index contributed by atoms with van der Waals surface area (Å²) < 4.78 is 5.81. The van der Waals surface area contributed by atoms with Crippen molar-refractivity contribution in [1.29, 1.82) is 0 Å². The first-order valence-electron chi connectivity index (χ1n) is 7.34. The number of rotatable bonds is 4. The first kappa shape index (κ1) is 15.6. The summed E-state index contributed by atoms with van der Waals surface area (Å²) in [5.41, 5.74) is 8.02. The molecule has 0 heterocycles. The Morgan fingerprint density at radius 1 is 1.26 bits per heavy atom. The molecular formula is C18H16ClNO3. The van der Waals surface area contributed by atoms with E-state index in [-0.39, 0.29) is 11.7 Å². The van der Waals surface area contributed by atoms with Gasteiger partial charge in [-0.3, -0.25) is 9.59 Å². The van der Waals surface area contributed by atoms with Crippen molar-refractivity contribution < 1.29 is 14.3 Å². The predicted octanol–water partition coefficient (Wildman–Crippen LogP) is 3.71. The molecule has 118 valence electrons. The van der Waals surface area contributed by atoms with Gasteiger partial charge in [0.15, 0.2) is 5.78 Å². The second-order valence-corrected chi connectivity index (χ2v) is 6.12. The summed E-state index contributed by atoms with van der Waals surface area (Å²) in [6, 6.07) is 10.4. The van der Waals surface area contributed by atoms with Crippen molar-refractivity contribution in [2.75, 3.05) is 0 Å². The van der Waals surface area contributed by atoms with E-state index < -0.39 is 5.91 Å². The number of carbonyl (C=O) groups excluding carboxylic acids is 2. The second kappa shape index (κ2) is 6.05. The van der Waals surface area contributed by atoms with Crippen LogP contribution in [0.25, 0.3) is 0 Å². The molecule has 1 atom stereocenters. The summed E-state index contributed by atoms with van der Waals surface area (Å²) in [7, 11) is 0. The van der Waals surface area contributed by atoms with E-state index in [1.165, 1.54) is 0 Å². The third kappa shape index (κ3) is 2.94. The maximum atomic E-state index is 12.2. The van der Waals surface area contributed by atoms with Crippen LogP contribution in [0.15, 0.2) is 36.4 Å². The van der Waals surface area contributed by atoms with Gasteiger partial charge < -0.3 is 10.5 Å². The summed E-state index contributed by atoms with van der Waals surface area (Å²) in [6.07, 6.45) is 0.461. The number of hydrogen-bond acceptors (Lipinski definition) is 3. The topological polar surface area (TPSA) is 69.4 Å². The Hall–Kier alpha value is -2.33. The molecule has 5 heteroatoms. The molecule has 4 nitrogen and oxygen atoms in total. The zero-order chi connectivity index (χ0) is 16.6. The van der Waals surface area contributed by atoms with Gasteiger partial charge in [0.05, 0.1) is 5.56 Å². The smallest absolute Gasteiger partial charge is 0.248 e. The van der Waals surface area contributed by atoms with Crippen LogP contribution in [0.4, 0.5) is 0 Å². The van der Waals surface area contributed by atoms with Crippen LogP contribution >= 0.6 is 11.6 Å². The lowest BCUT2D eigenvalue weighted by Crippen LogP contribution is -2.10. The number of hydrogen-bond donors (Lipinski definition) is 1. The minimum Gasteiger partial charge on any atom is -0.488 e. The SMILES string of the molecule is CC1CC(=O)c2c(OCc3ccc(C(N)=O)cc3)ccc(Cl)c21. The summed E-state index contributed by atoms with van der Waals surface area (Å²) in [5.74, 6) is 0.266. The number of ketones is 1. The third-order valence-corrected chi connectivity index (χ3v) is 4.38. The zero-order valence-electron chi connectivity index (χ0n) is 12.6. The molecule has 3 rings (SSSR count). The highest BCUT2D eigenvalue weighted by atomic mass is 35.5. The Morgan fingerprint density at radius 3 is 2.61 bits per heavy atom. The van der Waals surface area contributed by atoms with E-state index in [0.717, 1.165) is 11.1 Å². The Labute approximate surface area is 139 Å². The average molecular weight is 330 g/mol. The highest BCUT2D eigenvalue weighted by molar-refractivity contribution is 6.32. The van der Waals surface area contributed by atoms with Crippen molar-refractivity contribution in [3.63, 3.8) is 0 Å². The molecule has 1 unspecified atom stereocenters. The summed E-state index contributed by atoms with van der Waals surface area (Å²) in [5, 5.41) is 0.608. The van der Waals surface area contributed by atoms with Crippen molar-refractivity contribution in [3.8, 4) is 5.75 Å². The minimum atomic E-state index is -0.465. The fourth-order valence-corrected chi connectivity index (χ4v) is 3.22. The van der Waals surface area contributed by atoms with Gasteiger partial charge in [-0.2, -0.15) is 0 Å². The van der Waals surface area contributed by atoms with Crippen LogP contribution in [0.5, 0.6) is 5.75 Å². The summed E-state index contributed by atoms with van der Waals surface area (Å²) in [6.45, 7) is 2.29. The van der Waals surface area contributed by atoms with Gasteiger partial charge in [-0.05, 0) is 41.3 Å². The Bertz CT molecular complexity index is 784. The van der Waals surface area contributed by atoms with Gasteiger partial charge in [-0.1, -0.05) is 30.7 Å². The quantitative estimate of drug-likeness (QED) is 0.929. The first-order chi connectivity index (χ1) is 11.0. The lowest BCUT2D eigenvalue weighted by atomic mass is 10.0. The fraction of sp³-hybridized carbons (Fsp3) is 0.222. The van der Waals surface area contributed by atoms with Gasteiger partial charge in [0, 0.05) is 17.0 Å². The van der Waals surface area contributed by atoms with Crippen LogP contribution < -0.4 is 10.5 Å². The van der Waals surface area contributed by atoms with Gasteiger partial charge in [0.2, 0.25) is 5.91 Å². The Morgan fingerprint density at radius 2 is 1.96 bits per heavy atom. The van der Waals surface area contributed by atoms with E-state index in [1.807, 2.05) is 6.92 Å². The van der Waals surface area contributed by atoms with Crippen molar-refractivity contribution in [3.05, 3.63) is 63.7 Å². The number of benzene rings is 2. The fourth-order valence-electron chi connectivity index (χ4n) is 2.87. The number of halogens is 1. The summed E-state index contributed by atoms with van der Waals surface area (Å²) in [4.78, 5) is 23.2. The normalized spacial score (nSPS) is 16.3. The molecule has 0 fully saturated rings. The molecule has 2 aromatic rings. The van der Waals surface area contributed by atoms with Crippen LogP contribution in [-0.2, 0) is 6.61 Å². The van der Waals surface area contributed by atoms with Crippen molar-refractivity contribution in [2.45, 2.75) is 25.9 Å². The van der Waals surface area contributed by atoms with Crippen LogP contribution in [0.3, 0.4) is 0 Å². The molecule has 0 saturated heterocycles. The molecule has 2 aromatic carbocycles. The van der Waals surface area contributed by atoms with Gasteiger partial charge in [0.1, 0.15) is 12.4 Å². The van der Waals surface area contributed by atoms with E-state index in [1.54, 1.807) is 36.4 Å². The van der Waals surface area contributed by atoms with Gasteiger partial charge in [-0.25, -0.2) is 0 Å². The van der Waals surface area contributed by atoms with E-state index in [0.29, 0.717) is 34.9 Å².